The predicted octanol–water partition coefficient (Wildman–Crippen LogP) is 3.06. The highest BCUT2D eigenvalue weighted by Gasteiger charge is 2.52. The largest absolute Gasteiger partial charge is 0.469 e. The van der Waals surface area contributed by atoms with Crippen LogP contribution in [0.5, 0.6) is 0 Å². The van der Waals surface area contributed by atoms with Crippen LogP contribution in [0, 0.1) is 16.7 Å². The minimum absolute atomic E-state index is 0.167. The van der Waals surface area contributed by atoms with Crippen molar-refractivity contribution in [2.75, 3.05) is 7.11 Å². The van der Waals surface area contributed by atoms with Crippen molar-refractivity contribution >= 4 is 11.8 Å². The smallest absolute Gasteiger partial charge is 0.306 e. The van der Waals surface area contributed by atoms with Crippen molar-refractivity contribution in [2.24, 2.45) is 16.7 Å². The van der Waals surface area contributed by atoms with Gasteiger partial charge in [0.25, 0.3) is 0 Å². The summed E-state index contributed by atoms with van der Waals surface area (Å²) >= 11 is 0. The van der Waals surface area contributed by atoms with Crippen molar-refractivity contribution < 1.29 is 14.3 Å². The Morgan fingerprint density at radius 2 is 2.16 bits per heavy atom. The van der Waals surface area contributed by atoms with E-state index in [-0.39, 0.29) is 28.5 Å². The summed E-state index contributed by atoms with van der Waals surface area (Å²) in [6, 6.07) is 0. The van der Waals surface area contributed by atoms with Gasteiger partial charge in [0.15, 0.2) is 5.78 Å². The minimum Gasteiger partial charge on any atom is -0.469 e. The molecule has 0 fully saturated rings. The van der Waals surface area contributed by atoms with Crippen LogP contribution in [0.4, 0.5) is 0 Å². The summed E-state index contributed by atoms with van der Waals surface area (Å²) in [5, 5.41) is 0. The second kappa shape index (κ2) is 4.62. The first-order valence-corrected chi connectivity index (χ1v) is 6.79. The van der Waals surface area contributed by atoms with Gasteiger partial charge in [-0.3, -0.25) is 9.59 Å². The molecular formula is C16H22O3. The SMILES string of the molecule is COC(=O)C[C@]1(C)C=CC[C@]2(C)C(=O)C(C)=CC[C@@H]12. The molecule has 3 heteroatoms. The van der Waals surface area contributed by atoms with E-state index in [1.165, 1.54) is 7.11 Å². The lowest BCUT2D eigenvalue weighted by molar-refractivity contribution is -0.146. The number of hydrogen-bond acceptors (Lipinski definition) is 3. The molecule has 0 aromatic heterocycles. The fourth-order valence-corrected chi connectivity index (χ4v) is 3.74. The lowest BCUT2D eigenvalue weighted by atomic mass is 9.53. The number of ether oxygens (including phenoxy) is 1. The van der Waals surface area contributed by atoms with Crippen LogP contribution in [0.2, 0.25) is 0 Å². The Morgan fingerprint density at radius 3 is 2.79 bits per heavy atom. The summed E-state index contributed by atoms with van der Waals surface area (Å²) in [6.45, 7) is 5.99. The Labute approximate surface area is 114 Å². The number of carbonyl (C=O) groups is 2. The highest BCUT2D eigenvalue weighted by molar-refractivity contribution is 6.00. The molecule has 0 aliphatic heterocycles. The van der Waals surface area contributed by atoms with Crippen LogP contribution in [0.25, 0.3) is 0 Å². The molecule has 3 atom stereocenters. The normalized spacial score (nSPS) is 37.6. The van der Waals surface area contributed by atoms with Crippen molar-refractivity contribution in [2.45, 2.75) is 40.0 Å². The van der Waals surface area contributed by atoms with Crippen LogP contribution in [0.1, 0.15) is 40.0 Å². The fourth-order valence-electron chi connectivity index (χ4n) is 3.74. The van der Waals surface area contributed by atoms with Crippen LogP contribution in [-0.4, -0.2) is 18.9 Å². The highest BCUT2D eigenvalue weighted by Crippen LogP contribution is 2.54. The van der Waals surface area contributed by atoms with E-state index < -0.39 is 0 Å². The molecular weight excluding hydrogens is 240 g/mol. The van der Waals surface area contributed by atoms with E-state index in [2.05, 4.69) is 19.1 Å². The van der Waals surface area contributed by atoms with Crippen molar-refractivity contribution in [1.82, 2.24) is 0 Å². The van der Waals surface area contributed by atoms with E-state index in [1.807, 2.05) is 19.9 Å². The first-order valence-electron chi connectivity index (χ1n) is 6.79. The topological polar surface area (TPSA) is 43.4 Å². The van der Waals surface area contributed by atoms with Gasteiger partial charge in [-0.05, 0) is 36.7 Å². The quantitative estimate of drug-likeness (QED) is 0.567. The molecule has 0 radical (unpaired) electrons. The maximum Gasteiger partial charge on any atom is 0.306 e. The Balaban J connectivity index is 2.39. The first-order chi connectivity index (χ1) is 8.83. The molecule has 0 N–H and O–H groups in total. The zero-order valence-corrected chi connectivity index (χ0v) is 12.2. The van der Waals surface area contributed by atoms with Gasteiger partial charge in [0.2, 0.25) is 0 Å². The minimum atomic E-state index is -0.379. The summed E-state index contributed by atoms with van der Waals surface area (Å²) in [6.07, 6.45) is 8.11. The van der Waals surface area contributed by atoms with Gasteiger partial charge in [-0.2, -0.15) is 0 Å². The van der Waals surface area contributed by atoms with Crippen LogP contribution in [-0.2, 0) is 14.3 Å². The van der Waals surface area contributed by atoms with E-state index >= 15 is 0 Å². The molecule has 0 aromatic carbocycles. The molecule has 0 saturated heterocycles. The van der Waals surface area contributed by atoms with Crippen LogP contribution in [0.15, 0.2) is 23.8 Å². The number of ketones is 1. The summed E-state index contributed by atoms with van der Waals surface area (Å²) in [5.74, 6) is 0.180. The number of hydrogen-bond donors (Lipinski definition) is 0. The fraction of sp³-hybridized carbons (Fsp3) is 0.625. The molecule has 2 rings (SSSR count). The Morgan fingerprint density at radius 1 is 1.47 bits per heavy atom. The number of rotatable bonds is 2. The number of esters is 1. The number of allylic oxidation sites excluding steroid dienone is 4. The molecule has 0 spiro atoms. The van der Waals surface area contributed by atoms with Crippen molar-refractivity contribution in [3.8, 4) is 0 Å². The molecule has 0 aromatic rings. The number of methoxy groups -OCH3 is 1. The predicted molar refractivity (Wildman–Crippen MR) is 73.5 cm³/mol. The van der Waals surface area contributed by atoms with Gasteiger partial charge < -0.3 is 4.74 Å². The third-order valence-electron chi connectivity index (χ3n) is 4.90. The number of Topliss-reactive ketones (excluding diaryl/α,β-unsaturated/α-hetero) is 1. The zero-order chi connectivity index (χ0) is 14.3. The van der Waals surface area contributed by atoms with E-state index in [4.69, 9.17) is 4.74 Å². The number of fused-ring (bicyclic) bond motifs is 1. The molecule has 3 nitrogen and oxygen atoms in total. The first kappa shape index (κ1) is 14.0. The van der Waals surface area contributed by atoms with Gasteiger partial charge in [0.05, 0.1) is 13.5 Å². The maximum atomic E-state index is 12.5. The highest BCUT2D eigenvalue weighted by atomic mass is 16.5. The average Bonchev–Trinajstić information content (AvgIpc) is 2.35. The lowest BCUT2D eigenvalue weighted by Gasteiger charge is -2.50. The van der Waals surface area contributed by atoms with Crippen molar-refractivity contribution in [3.05, 3.63) is 23.8 Å². The maximum absolute atomic E-state index is 12.5. The second-order valence-corrected chi connectivity index (χ2v) is 6.29. The third kappa shape index (κ3) is 2.15. The van der Waals surface area contributed by atoms with E-state index in [0.29, 0.717) is 6.42 Å². The van der Waals surface area contributed by atoms with E-state index in [0.717, 1.165) is 18.4 Å². The monoisotopic (exact) mass is 262 g/mol. The van der Waals surface area contributed by atoms with Gasteiger partial charge in [-0.1, -0.05) is 32.1 Å². The standard InChI is InChI=1S/C16H22O3/c1-11-6-7-12-15(2,10-13(17)19-4)8-5-9-16(12,3)14(11)18/h5-6,8,12H,7,9-10H2,1-4H3/t12-,15-,16-/m0/s1. The summed E-state index contributed by atoms with van der Waals surface area (Å²) in [5.41, 5.74) is 0.179. The van der Waals surface area contributed by atoms with Crippen molar-refractivity contribution in [1.29, 1.82) is 0 Å². The Kier molecular flexibility index (Phi) is 3.41. The average molecular weight is 262 g/mol. The molecule has 2 aliphatic carbocycles. The van der Waals surface area contributed by atoms with Crippen LogP contribution >= 0.6 is 0 Å². The van der Waals surface area contributed by atoms with E-state index in [1.54, 1.807) is 0 Å². The van der Waals surface area contributed by atoms with Gasteiger partial charge in [0.1, 0.15) is 0 Å². The van der Waals surface area contributed by atoms with Crippen LogP contribution < -0.4 is 0 Å². The van der Waals surface area contributed by atoms with Gasteiger partial charge in [-0.25, -0.2) is 0 Å². The molecule has 0 amide bonds. The van der Waals surface area contributed by atoms with Gasteiger partial charge >= 0.3 is 5.97 Å². The molecule has 19 heavy (non-hydrogen) atoms. The Bertz CT molecular complexity index is 474. The zero-order valence-electron chi connectivity index (χ0n) is 12.2. The second-order valence-electron chi connectivity index (χ2n) is 6.29. The summed E-state index contributed by atoms with van der Waals surface area (Å²) in [7, 11) is 1.41. The van der Waals surface area contributed by atoms with Crippen LogP contribution in [0.3, 0.4) is 0 Å². The van der Waals surface area contributed by atoms with Gasteiger partial charge in [0, 0.05) is 5.41 Å². The molecule has 0 heterocycles. The third-order valence-corrected chi connectivity index (χ3v) is 4.90. The lowest BCUT2D eigenvalue weighted by Crippen LogP contribution is -2.48. The summed E-state index contributed by atoms with van der Waals surface area (Å²) in [4.78, 5) is 24.2. The molecule has 2 aliphatic rings. The Hall–Kier alpha value is -1.38. The van der Waals surface area contributed by atoms with Gasteiger partial charge in [-0.15, -0.1) is 0 Å². The molecule has 0 saturated carbocycles. The summed E-state index contributed by atoms with van der Waals surface area (Å²) < 4.78 is 4.81. The van der Waals surface area contributed by atoms with Crippen molar-refractivity contribution in [3.63, 3.8) is 0 Å². The molecule has 0 unspecified atom stereocenters. The molecule has 104 valence electrons. The number of carbonyl (C=O) groups excluding carboxylic acids is 2. The van der Waals surface area contributed by atoms with E-state index in [9.17, 15) is 9.59 Å². The molecule has 0 bridgehead atoms.